The summed E-state index contributed by atoms with van der Waals surface area (Å²) in [6.45, 7) is 3.57. The van der Waals surface area contributed by atoms with Crippen molar-refractivity contribution >= 4 is 40.2 Å². The van der Waals surface area contributed by atoms with Crippen molar-refractivity contribution < 1.29 is 17.9 Å². The van der Waals surface area contributed by atoms with Crippen LogP contribution in [0, 0.1) is 0 Å². The number of alkyl halides is 3. The fraction of sp³-hybridized carbons (Fsp3) is 0.556. The third-order valence-corrected chi connectivity index (χ3v) is 3.53. The zero-order chi connectivity index (χ0) is 13.2. The second-order valence-electron chi connectivity index (χ2n) is 3.27. The molecule has 0 N–H and O–H groups in total. The Morgan fingerprint density at radius 3 is 2.65 bits per heavy atom. The van der Waals surface area contributed by atoms with E-state index in [-0.39, 0.29) is 20.5 Å². The Labute approximate surface area is 111 Å². The molecule has 96 valence electrons. The first-order valence-electron chi connectivity index (χ1n) is 4.70. The van der Waals surface area contributed by atoms with Crippen LogP contribution in [-0.4, -0.2) is 16.1 Å². The highest BCUT2D eigenvalue weighted by Gasteiger charge is 2.39. The van der Waals surface area contributed by atoms with Gasteiger partial charge in [0.1, 0.15) is 4.88 Å². The number of rotatable bonds is 3. The molecule has 0 fully saturated rings. The van der Waals surface area contributed by atoms with Gasteiger partial charge >= 0.3 is 6.18 Å². The Morgan fingerprint density at radius 2 is 2.18 bits per heavy atom. The van der Waals surface area contributed by atoms with Crippen LogP contribution in [0.4, 0.5) is 13.2 Å². The number of thiazole rings is 1. The van der Waals surface area contributed by atoms with Crippen LogP contribution >= 0.6 is 35.2 Å². The third-order valence-electron chi connectivity index (χ3n) is 1.94. The van der Waals surface area contributed by atoms with Crippen molar-refractivity contribution in [1.82, 2.24) is 4.98 Å². The summed E-state index contributed by atoms with van der Waals surface area (Å²) < 4.78 is 42.8. The van der Waals surface area contributed by atoms with Crippen molar-refractivity contribution in [3.05, 3.63) is 15.0 Å². The van der Waals surface area contributed by atoms with Crippen molar-refractivity contribution in [2.75, 3.05) is 0 Å². The zero-order valence-corrected chi connectivity index (χ0v) is 11.4. The maximum atomic E-state index is 12.6. The lowest BCUT2D eigenvalue weighted by atomic mass is 10.3. The van der Waals surface area contributed by atoms with Gasteiger partial charge < -0.3 is 4.74 Å². The predicted molar refractivity (Wildman–Crippen MR) is 64.7 cm³/mol. The molecule has 0 aliphatic carbocycles. The van der Waals surface area contributed by atoms with Crippen LogP contribution in [0.25, 0.3) is 0 Å². The summed E-state index contributed by atoms with van der Waals surface area (Å²) in [6.07, 6.45) is -4.18. The van der Waals surface area contributed by atoms with E-state index in [1.165, 1.54) is 0 Å². The number of hydrogen-bond donors (Lipinski definition) is 0. The minimum Gasteiger partial charge on any atom is -0.479 e. The molecule has 1 unspecified atom stereocenters. The van der Waals surface area contributed by atoms with Crippen LogP contribution in [0.3, 0.4) is 0 Å². The highest BCUT2D eigenvalue weighted by molar-refractivity contribution is 7.80. The van der Waals surface area contributed by atoms with Gasteiger partial charge in [-0.1, -0.05) is 29.9 Å². The summed E-state index contributed by atoms with van der Waals surface area (Å²) in [5.74, 6) is 0. The summed E-state index contributed by atoms with van der Waals surface area (Å²) in [7, 11) is 0. The molecule has 2 nitrogen and oxygen atoms in total. The van der Waals surface area contributed by atoms with Gasteiger partial charge in [-0.15, -0.1) is 0 Å². The van der Waals surface area contributed by atoms with Gasteiger partial charge in [0.25, 0.3) is 0 Å². The van der Waals surface area contributed by atoms with Crippen molar-refractivity contribution in [1.29, 1.82) is 0 Å². The molecule has 0 aromatic carbocycles. The summed E-state index contributed by atoms with van der Waals surface area (Å²) in [5, 5.41) is -0.212. The number of nitrogens with zero attached hydrogens (tertiary/aromatic N) is 1. The standard InChI is InChI=1S/C9H9ClF3NOS2/c1-3-4(2)15-7(16)5-6(9(11,12)13)14-8(10)17-5/h4H,3H2,1-2H3. The third kappa shape index (κ3) is 3.79. The smallest absolute Gasteiger partial charge is 0.435 e. The maximum Gasteiger partial charge on any atom is 0.435 e. The SMILES string of the molecule is CCC(C)OC(=S)c1sc(Cl)nc1C(F)(F)F. The first-order valence-corrected chi connectivity index (χ1v) is 6.30. The topological polar surface area (TPSA) is 22.1 Å². The van der Waals surface area contributed by atoms with Crippen LogP contribution < -0.4 is 0 Å². The van der Waals surface area contributed by atoms with Crippen LogP contribution in [0.1, 0.15) is 30.8 Å². The van der Waals surface area contributed by atoms with Gasteiger partial charge in [-0.05, 0) is 25.6 Å². The molecule has 0 aliphatic rings. The minimum atomic E-state index is -4.58. The van der Waals surface area contributed by atoms with Gasteiger partial charge in [0.05, 0.1) is 6.10 Å². The molecule has 0 amide bonds. The van der Waals surface area contributed by atoms with E-state index in [0.717, 1.165) is 0 Å². The maximum absolute atomic E-state index is 12.6. The molecular formula is C9H9ClF3NOS2. The molecule has 1 rings (SSSR count). The molecule has 1 atom stereocenters. The largest absolute Gasteiger partial charge is 0.479 e. The summed E-state index contributed by atoms with van der Waals surface area (Å²) in [4.78, 5) is 2.99. The second-order valence-corrected chi connectivity index (χ2v) is 5.22. The first kappa shape index (κ1) is 14.7. The van der Waals surface area contributed by atoms with Crippen molar-refractivity contribution in [3.63, 3.8) is 0 Å². The van der Waals surface area contributed by atoms with Gasteiger partial charge in [0, 0.05) is 0 Å². The van der Waals surface area contributed by atoms with E-state index in [9.17, 15) is 13.2 Å². The fourth-order valence-electron chi connectivity index (χ4n) is 0.944. The molecule has 1 aromatic rings. The number of halogens is 4. The van der Waals surface area contributed by atoms with E-state index >= 15 is 0 Å². The van der Waals surface area contributed by atoms with E-state index in [1.54, 1.807) is 6.92 Å². The lowest BCUT2D eigenvalue weighted by Gasteiger charge is -2.13. The van der Waals surface area contributed by atoms with Crippen LogP contribution in [0.5, 0.6) is 0 Å². The van der Waals surface area contributed by atoms with E-state index < -0.39 is 11.9 Å². The predicted octanol–water partition coefficient (Wildman–Crippen LogP) is 4.31. The molecule has 0 radical (unpaired) electrons. The van der Waals surface area contributed by atoms with Gasteiger partial charge in [-0.3, -0.25) is 0 Å². The lowest BCUT2D eigenvalue weighted by molar-refractivity contribution is -0.140. The highest BCUT2D eigenvalue weighted by atomic mass is 35.5. The minimum absolute atomic E-state index is 0.206. The summed E-state index contributed by atoms with van der Waals surface area (Å²) >= 11 is 11.0. The molecule has 1 heterocycles. The van der Waals surface area contributed by atoms with E-state index in [4.69, 9.17) is 28.6 Å². The van der Waals surface area contributed by atoms with Crippen molar-refractivity contribution in [2.45, 2.75) is 32.5 Å². The molecule has 0 spiro atoms. The number of thiocarbonyl (C=S) groups is 1. The fourth-order valence-corrected chi connectivity index (χ4v) is 2.34. The molecule has 0 bridgehead atoms. The molecule has 0 saturated carbocycles. The van der Waals surface area contributed by atoms with Gasteiger partial charge in [0.2, 0.25) is 5.05 Å². The van der Waals surface area contributed by atoms with E-state index in [0.29, 0.717) is 17.8 Å². The van der Waals surface area contributed by atoms with Crippen LogP contribution in [0.2, 0.25) is 4.47 Å². The normalized spacial score (nSPS) is 13.5. The summed E-state index contributed by atoms with van der Waals surface area (Å²) in [5.41, 5.74) is -1.08. The van der Waals surface area contributed by atoms with Gasteiger partial charge in [0.15, 0.2) is 10.2 Å². The molecule has 17 heavy (non-hydrogen) atoms. The Morgan fingerprint density at radius 1 is 1.59 bits per heavy atom. The Hall–Kier alpha value is -0.400. The number of ether oxygens (including phenoxy) is 1. The van der Waals surface area contributed by atoms with Gasteiger partial charge in [-0.25, -0.2) is 4.98 Å². The van der Waals surface area contributed by atoms with Crippen molar-refractivity contribution in [2.24, 2.45) is 0 Å². The quantitative estimate of drug-likeness (QED) is 0.777. The Balaban J connectivity index is 3.01. The lowest BCUT2D eigenvalue weighted by Crippen LogP contribution is -2.16. The molecule has 0 saturated heterocycles. The van der Waals surface area contributed by atoms with E-state index in [1.807, 2.05) is 6.92 Å². The average molecular weight is 304 g/mol. The second kappa shape index (κ2) is 5.49. The average Bonchev–Trinajstić information content (AvgIpc) is 2.59. The molecular weight excluding hydrogens is 295 g/mol. The monoisotopic (exact) mass is 303 g/mol. The highest BCUT2D eigenvalue weighted by Crippen LogP contribution is 2.36. The Kier molecular flexibility index (Phi) is 4.74. The molecule has 0 aliphatic heterocycles. The zero-order valence-electron chi connectivity index (χ0n) is 8.97. The Bertz CT molecular complexity index is 419. The van der Waals surface area contributed by atoms with Crippen LogP contribution in [-0.2, 0) is 10.9 Å². The van der Waals surface area contributed by atoms with Gasteiger partial charge in [-0.2, -0.15) is 13.2 Å². The van der Waals surface area contributed by atoms with Crippen molar-refractivity contribution in [3.8, 4) is 0 Å². The van der Waals surface area contributed by atoms with E-state index in [2.05, 4.69) is 4.98 Å². The summed E-state index contributed by atoms with van der Waals surface area (Å²) in [6, 6.07) is 0. The number of aromatic nitrogens is 1. The molecule has 1 aromatic heterocycles. The van der Waals surface area contributed by atoms with Crippen LogP contribution in [0.15, 0.2) is 0 Å². The molecule has 8 heteroatoms. The first-order chi connectivity index (χ1) is 7.75. The number of hydrogen-bond acceptors (Lipinski definition) is 4.